The Morgan fingerprint density at radius 3 is 2.66 bits per heavy atom. The Balaban J connectivity index is 1.59. The number of benzene rings is 2. The van der Waals surface area contributed by atoms with Crippen LogP contribution in [-0.2, 0) is 9.59 Å². The van der Waals surface area contributed by atoms with Crippen molar-refractivity contribution in [2.45, 2.75) is 44.3 Å². The van der Waals surface area contributed by atoms with Crippen molar-refractivity contribution in [1.82, 2.24) is 0 Å². The first-order valence-electron chi connectivity index (χ1n) is 10.8. The Hall–Kier alpha value is -2.51. The number of imide groups is 1. The molecule has 32 heavy (non-hydrogen) atoms. The minimum absolute atomic E-state index is 0.120. The first-order valence-corrected chi connectivity index (χ1v) is 12.0. The Morgan fingerprint density at radius 2 is 1.97 bits per heavy atom. The van der Waals surface area contributed by atoms with E-state index < -0.39 is 5.25 Å². The van der Waals surface area contributed by atoms with E-state index in [4.69, 9.17) is 16.3 Å². The molecule has 1 atom stereocenters. The van der Waals surface area contributed by atoms with E-state index in [9.17, 15) is 9.59 Å². The summed E-state index contributed by atoms with van der Waals surface area (Å²) in [4.78, 5) is 31.1. The molecule has 1 heterocycles. The number of thioether (sulfide) groups is 1. The molecular weight excluding hydrogens is 446 g/mol. The molecule has 2 amide bonds. The SMILES string of the molecule is CCCCCCOc1ccc(N2C(=O)CC(SC(=NC)Nc3cccc(Cl)c3)C2=O)cc1. The lowest BCUT2D eigenvalue weighted by molar-refractivity contribution is -0.121. The Labute approximate surface area is 198 Å². The van der Waals surface area contributed by atoms with Crippen molar-refractivity contribution in [2.75, 3.05) is 23.9 Å². The fraction of sp³-hybridized carbons (Fsp3) is 0.375. The molecule has 1 aliphatic heterocycles. The van der Waals surface area contributed by atoms with Crippen molar-refractivity contribution in [1.29, 1.82) is 0 Å². The standard InChI is InChI=1S/C24H28ClN3O3S/c1-3-4-5-6-14-31-20-12-10-19(11-13-20)28-22(29)16-21(23(28)30)32-24(26-2)27-18-9-7-8-17(25)15-18/h7-13,15,21H,3-6,14,16H2,1-2H3,(H,26,27). The molecule has 0 spiro atoms. The number of anilines is 2. The molecule has 8 heteroatoms. The molecule has 2 aromatic rings. The van der Waals surface area contributed by atoms with E-state index in [1.165, 1.54) is 29.5 Å². The molecule has 0 saturated carbocycles. The van der Waals surface area contributed by atoms with Gasteiger partial charge in [0.15, 0.2) is 5.17 Å². The maximum Gasteiger partial charge on any atom is 0.247 e. The van der Waals surface area contributed by atoms with Crippen molar-refractivity contribution >= 4 is 51.7 Å². The van der Waals surface area contributed by atoms with Crippen LogP contribution in [-0.4, -0.2) is 35.9 Å². The van der Waals surface area contributed by atoms with E-state index in [1.54, 1.807) is 43.4 Å². The Morgan fingerprint density at radius 1 is 1.19 bits per heavy atom. The van der Waals surface area contributed by atoms with Crippen molar-refractivity contribution < 1.29 is 14.3 Å². The minimum atomic E-state index is -0.539. The molecule has 1 aliphatic rings. The highest BCUT2D eigenvalue weighted by atomic mass is 35.5. The first-order chi connectivity index (χ1) is 15.5. The number of ether oxygens (including phenoxy) is 1. The number of halogens is 1. The predicted molar refractivity (Wildman–Crippen MR) is 133 cm³/mol. The number of carbonyl (C=O) groups excluding carboxylic acids is 2. The molecule has 0 radical (unpaired) electrons. The highest BCUT2D eigenvalue weighted by Gasteiger charge is 2.40. The molecule has 3 rings (SSSR count). The summed E-state index contributed by atoms with van der Waals surface area (Å²) in [6.07, 6.45) is 4.69. The molecule has 0 aromatic heterocycles. The maximum absolute atomic E-state index is 13.0. The Kier molecular flexibility index (Phi) is 9.00. The fourth-order valence-electron chi connectivity index (χ4n) is 3.34. The lowest BCUT2D eigenvalue weighted by atomic mass is 10.2. The highest BCUT2D eigenvalue weighted by Crippen LogP contribution is 2.31. The molecule has 6 nitrogen and oxygen atoms in total. The summed E-state index contributed by atoms with van der Waals surface area (Å²) in [5.41, 5.74) is 1.32. The summed E-state index contributed by atoms with van der Waals surface area (Å²) < 4.78 is 5.75. The molecular formula is C24H28ClN3O3S. The number of amides is 2. The third-order valence-corrected chi connectivity index (χ3v) is 6.40. The van der Waals surface area contributed by atoms with Gasteiger partial charge < -0.3 is 10.1 Å². The number of hydrogen-bond donors (Lipinski definition) is 1. The highest BCUT2D eigenvalue weighted by molar-refractivity contribution is 8.15. The zero-order valence-electron chi connectivity index (χ0n) is 18.3. The minimum Gasteiger partial charge on any atom is -0.494 e. The summed E-state index contributed by atoms with van der Waals surface area (Å²) >= 11 is 7.27. The zero-order valence-corrected chi connectivity index (χ0v) is 19.9. The van der Waals surface area contributed by atoms with Crippen molar-refractivity contribution in [3.05, 3.63) is 53.6 Å². The molecule has 1 N–H and O–H groups in total. The smallest absolute Gasteiger partial charge is 0.247 e. The van der Waals surface area contributed by atoms with Crippen LogP contribution < -0.4 is 15.0 Å². The number of aliphatic imine (C=N–C) groups is 1. The van der Waals surface area contributed by atoms with Crippen LogP contribution in [0.25, 0.3) is 0 Å². The molecule has 2 aromatic carbocycles. The van der Waals surface area contributed by atoms with Crippen molar-refractivity contribution in [2.24, 2.45) is 4.99 Å². The topological polar surface area (TPSA) is 71.0 Å². The van der Waals surface area contributed by atoms with Gasteiger partial charge in [0.05, 0.1) is 12.3 Å². The Bertz CT molecular complexity index is 965. The molecule has 1 saturated heterocycles. The van der Waals surface area contributed by atoms with E-state index in [0.717, 1.165) is 24.3 Å². The molecule has 170 valence electrons. The lowest BCUT2D eigenvalue weighted by Gasteiger charge is -2.16. The number of nitrogens with zero attached hydrogens (tertiary/aromatic N) is 2. The van der Waals surface area contributed by atoms with Gasteiger partial charge in [-0.3, -0.25) is 14.6 Å². The third kappa shape index (κ3) is 6.50. The predicted octanol–water partition coefficient (Wildman–Crippen LogP) is 5.76. The van der Waals surface area contributed by atoms with Gasteiger partial charge in [0.2, 0.25) is 11.8 Å². The van der Waals surface area contributed by atoms with Gasteiger partial charge in [-0.2, -0.15) is 0 Å². The van der Waals surface area contributed by atoms with Crippen LogP contribution in [0.2, 0.25) is 5.02 Å². The van der Waals surface area contributed by atoms with E-state index in [2.05, 4.69) is 17.2 Å². The van der Waals surface area contributed by atoms with Crippen LogP contribution in [0.15, 0.2) is 53.5 Å². The van der Waals surface area contributed by atoms with Gasteiger partial charge in [-0.15, -0.1) is 0 Å². The van der Waals surface area contributed by atoms with Crippen molar-refractivity contribution in [3.8, 4) is 5.75 Å². The molecule has 1 unspecified atom stereocenters. The van der Waals surface area contributed by atoms with E-state index in [-0.39, 0.29) is 18.2 Å². The number of hydrogen-bond acceptors (Lipinski definition) is 5. The molecule has 0 aliphatic carbocycles. The van der Waals surface area contributed by atoms with E-state index in [1.807, 2.05) is 12.1 Å². The van der Waals surface area contributed by atoms with Gasteiger partial charge in [0, 0.05) is 24.2 Å². The maximum atomic E-state index is 13.0. The summed E-state index contributed by atoms with van der Waals surface area (Å²) in [5.74, 6) is 0.266. The fourth-order valence-corrected chi connectivity index (χ4v) is 4.51. The summed E-state index contributed by atoms with van der Waals surface area (Å²) in [6, 6.07) is 14.3. The van der Waals surface area contributed by atoms with Gasteiger partial charge in [-0.05, 0) is 48.9 Å². The average molecular weight is 474 g/mol. The molecule has 0 bridgehead atoms. The first kappa shape index (κ1) is 24.1. The third-order valence-electron chi connectivity index (χ3n) is 5.00. The second-order valence-corrected chi connectivity index (χ2v) is 9.07. The average Bonchev–Trinajstić information content (AvgIpc) is 3.06. The largest absolute Gasteiger partial charge is 0.494 e. The van der Waals surface area contributed by atoms with Crippen LogP contribution >= 0.6 is 23.4 Å². The monoisotopic (exact) mass is 473 g/mol. The normalized spacial score (nSPS) is 16.5. The van der Waals surface area contributed by atoms with Crippen LogP contribution in [0.4, 0.5) is 11.4 Å². The van der Waals surface area contributed by atoms with Gasteiger partial charge >= 0.3 is 0 Å². The van der Waals surface area contributed by atoms with Gasteiger partial charge in [-0.1, -0.05) is 55.6 Å². The van der Waals surface area contributed by atoms with Crippen molar-refractivity contribution in [3.63, 3.8) is 0 Å². The summed E-state index contributed by atoms with van der Waals surface area (Å²) in [6.45, 7) is 2.84. The van der Waals surface area contributed by atoms with Crippen LogP contribution in [0.3, 0.4) is 0 Å². The summed E-state index contributed by atoms with van der Waals surface area (Å²) in [7, 11) is 1.64. The zero-order chi connectivity index (χ0) is 22.9. The number of unbranched alkanes of at least 4 members (excludes halogenated alkanes) is 3. The summed E-state index contributed by atoms with van der Waals surface area (Å²) in [5, 5.41) is 3.76. The van der Waals surface area contributed by atoms with Crippen LogP contribution in [0.1, 0.15) is 39.0 Å². The van der Waals surface area contributed by atoms with Gasteiger partial charge in [-0.25, -0.2) is 4.90 Å². The van der Waals surface area contributed by atoms with Gasteiger partial charge in [0.1, 0.15) is 11.0 Å². The number of rotatable bonds is 9. The molecule has 1 fully saturated rings. The number of carbonyl (C=O) groups is 2. The second-order valence-electron chi connectivity index (χ2n) is 7.45. The van der Waals surface area contributed by atoms with Gasteiger partial charge in [0.25, 0.3) is 0 Å². The lowest BCUT2D eigenvalue weighted by Crippen LogP contribution is -2.31. The van der Waals surface area contributed by atoms with Crippen LogP contribution in [0.5, 0.6) is 5.75 Å². The van der Waals surface area contributed by atoms with E-state index >= 15 is 0 Å². The van der Waals surface area contributed by atoms with E-state index in [0.29, 0.717) is 22.5 Å². The quantitative estimate of drug-likeness (QED) is 0.217. The van der Waals surface area contributed by atoms with Crippen LogP contribution in [0, 0.1) is 0 Å². The second kappa shape index (κ2) is 11.9. The number of nitrogens with one attached hydrogen (secondary N) is 1. The number of amidine groups is 1.